The van der Waals surface area contributed by atoms with Crippen molar-refractivity contribution < 1.29 is 34.2 Å². The number of phenols is 2. The molecule has 0 aliphatic rings. The summed E-state index contributed by atoms with van der Waals surface area (Å²) in [6.45, 7) is 1.87. The monoisotopic (exact) mass is 354 g/mol. The smallest absolute Gasteiger partial charge is 0.508 e. The van der Waals surface area contributed by atoms with E-state index in [0.717, 1.165) is 11.6 Å². The van der Waals surface area contributed by atoms with Gasteiger partial charge in [0.2, 0.25) is 0 Å². The summed E-state index contributed by atoms with van der Waals surface area (Å²) in [6.07, 6.45) is -0.802. The zero-order chi connectivity index (χ0) is 17.9. The minimum absolute atomic E-state index is 0.0858. The van der Waals surface area contributed by atoms with Gasteiger partial charge in [-0.2, -0.15) is 0 Å². The van der Waals surface area contributed by atoms with Crippen molar-refractivity contribution in [3.63, 3.8) is 0 Å². The molecule has 0 radical (unpaired) electrons. The van der Waals surface area contributed by atoms with Gasteiger partial charge in [-0.3, -0.25) is 9.79 Å². The van der Waals surface area contributed by atoms with Crippen LogP contribution in [0, 0.1) is 0 Å². The summed E-state index contributed by atoms with van der Waals surface area (Å²) in [6, 6.07) is 10.3. The number of hydrogen-bond acceptors (Lipinski definition) is 5. The lowest BCUT2D eigenvalue weighted by Gasteiger charge is -2.20. The van der Waals surface area contributed by atoms with E-state index < -0.39 is 13.9 Å². The average Bonchev–Trinajstić information content (AvgIpc) is 2.46. The van der Waals surface area contributed by atoms with Crippen molar-refractivity contribution in [2.45, 2.75) is 25.4 Å². The van der Waals surface area contributed by atoms with Crippen LogP contribution < -0.4 is 4.52 Å². The van der Waals surface area contributed by atoms with Crippen molar-refractivity contribution in [1.82, 2.24) is 0 Å². The average molecular weight is 354 g/mol. The maximum Gasteiger partial charge on any atom is 0.524 e. The Kier molecular flexibility index (Phi) is 5.51. The molecular weight excluding hydrogens is 335 g/mol. The topological polar surface area (TPSA) is 127 Å². The molecule has 0 fully saturated rings. The van der Waals surface area contributed by atoms with Crippen LogP contribution in [-0.4, -0.2) is 25.1 Å². The summed E-state index contributed by atoms with van der Waals surface area (Å²) in [5, 5.41) is 29.2. The van der Waals surface area contributed by atoms with E-state index >= 15 is 0 Å². The summed E-state index contributed by atoms with van der Waals surface area (Å²) in [5.41, 5.74) is 1.06. The molecule has 0 aliphatic heterocycles. The zero-order valence-corrected chi connectivity index (χ0v) is 13.8. The predicted octanol–water partition coefficient (Wildman–Crippen LogP) is 2.80. The number of phosphoric ester groups is 1. The molecule has 0 heterocycles. The number of aromatic hydroxyl groups is 2. The van der Waals surface area contributed by atoms with Crippen LogP contribution in [0.1, 0.15) is 36.5 Å². The molecule has 0 saturated heterocycles. The third-order valence-corrected chi connectivity index (χ3v) is 4.05. The number of aliphatic hydroxyl groups excluding tert-OH is 1. The van der Waals surface area contributed by atoms with Gasteiger partial charge in [-0.05, 0) is 42.2 Å². The van der Waals surface area contributed by atoms with Crippen molar-refractivity contribution in [2.24, 2.45) is 0 Å². The van der Waals surface area contributed by atoms with Crippen LogP contribution in [0.3, 0.4) is 0 Å². The van der Waals surface area contributed by atoms with E-state index in [-0.39, 0.29) is 35.2 Å². The predicted molar refractivity (Wildman–Crippen MR) is 86.9 cm³/mol. The zero-order valence-electron chi connectivity index (χ0n) is 12.9. The van der Waals surface area contributed by atoms with Crippen LogP contribution in [0.2, 0.25) is 0 Å². The molecule has 0 saturated carbocycles. The fourth-order valence-corrected chi connectivity index (χ4v) is 2.82. The molecule has 24 heavy (non-hydrogen) atoms. The molecule has 0 bridgehead atoms. The SMILES string of the molecule is CC(CC(O)c1ccc(O)cc1OP(=O)(O)O)c1ccc(O)cc1. The van der Waals surface area contributed by atoms with Crippen LogP contribution in [-0.2, 0) is 4.57 Å². The molecule has 8 heteroatoms. The minimum atomic E-state index is -4.82. The first kappa shape index (κ1) is 18.3. The van der Waals surface area contributed by atoms with Crippen LogP contribution in [0.5, 0.6) is 17.2 Å². The molecule has 130 valence electrons. The van der Waals surface area contributed by atoms with Gasteiger partial charge in [0.1, 0.15) is 17.2 Å². The lowest BCUT2D eigenvalue weighted by molar-refractivity contribution is 0.156. The van der Waals surface area contributed by atoms with E-state index in [9.17, 15) is 19.9 Å². The van der Waals surface area contributed by atoms with Crippen LogP contribution in [0.25, 0.3) is 0 Å². The standard InChI is InChI=1S/C16H19O7P/c1-10(11-2-4-12(17)5-3-11)8-15(19)14-7-6-13(18)9-16(14)23-24(20,21)22/h2-7,9-10,15,17-19H,8H2,1H3,(H2,20,21,22). The summed E-state index contributed by atoms with van der Waals surface area (Å²) in [4.78, 5) is 17.9. The molecule has 7 nitrogen and oxygen atoms in total. The number of aliphatic hydroxyl groups is 1. The van der Waals surface area contributed by atoms with Gasteiger partial charge in [0, 0.05) is 11.6 Å². The Labute approximate surface area is 139 Å². The van der Waals surface area contributed by atoms with E-state index in [4.69, 9.17) is 9.79 Å². The van der Waals surface area contributed by atoms with Gasteiger partial charge in [-0.25, -0.2) is 4.57 Å². The van der Waals surface area contributed by atoms with E-state index in [2.05, 4.69) is 4.52 Å². The molecule has 0 aliphatic carbocycles. The van der Waals surface area contributed by atoms with Gasteiger partial charge < -0.3 is 19.8 Å². The van der Waals surface area contributed by atoms with Gasteiger partial charge in [-0.15, -0.1) is 0 Å². The molecular formula is C16H19O7P. The maximum atomic E-state index is 11.0. The first-order chi connectivity index (χ1) is 11.2. The second-order valence-corrected chi connectivity index (χ2v) is 6.71. The molecule has 2 rings (SSSR count). The first-order valence-corrected chi connectivity index (χ1v) is 8.74. The Morgan fingerprint density at radius 2 is 1.62 bits per heavy atom. The second-order valence-electron chi connectivity index (χ2n) is 5.55. The maximum absolute atomic E-state index is 11.0. The van der Waals surface area contributed by atoms with Crippen molar-refractivity contribution in [2.75, 3.05) is 0 Å². The highest BCUT2D eigenvalue weighted by atomic mass is 31.2. The molecule has 2 atom stereocenters. The van der Waals surface area contributed by atoms with E-state index in [1.54, 1.807) is 24.3 Å². The summed E-state index contributed by atoms with van der Waals surface area (Å²) in [5.74, 6) is -0.450. The molecule has 0 spiro atoms. The highest BCUT2D eigenvalue weighted by molar-refractivity contribution is 7.46. The Bertz CT molecular complexity index is 739. The summed E-state index contributed by atoms with van der Waals surface area (Å²) in [7, 11) is -4.82. The molecule has 0 amide bonds. The number of phosphoric acid groups is 1. The number of benzene rings is 2. The van der Waals surface area contributed by atoms with Gasteiger partial charge >= 0.3 is 7.82 Å². The molecule has 2 unspecified atom stereocenters. The number of phenolic OH excluding ortho intramolecular Hbond substituents is 2. The van der Waals surface area contributed by atoms with E-state index in [1.807, 2.05) is 6.92 Å². The fraction of sp³-hybridized carbons (Fsp3) is 0.250. The quantitative estimate of drug-likeness (QED) is 0.505. The molecule has 2 aromatic rings. The van der Waals surface area contributed by atoms with Crippen LogP contribution >= 0.6 is 7.82 Å². The second kappa shape index (κ2) is 7.23. The lowest BCUT2D eigenvalue weighted by atomic mass is 9.92. The molecule has 0 aromatic heterocycles. The lowest BCUT2D eigenvalue weighted by Crippen LogP contribution is -2.06. The van der Waals surface area contributed by atoms with Crippen molar-refractivity contribution >= 4 is 7.82 Å². The Balaban J connectivity index is 2.21. The van der Waals surface area contributed by atoms with Gasteiger partial charge in [-0.1, -0.05) is 19.1 Å². The fourth-order valence-electron chi connectivity index (χ4n) is 2.41. The normalized spacial score (nSPS) is 14.2. The third-order valence-electron chi connectivity index (χ3n) is 3.61. The van der Waals surface area contributed by atoms with E-state index in [1.165, 1.54) is 12.1 Å². The first-order valence-electron chi connectivity index (χ1n) is 7.21. The van der Waals surface area contributed by atoms with Gasteiger partial charge in [0.15, 0.2) is 0 Å². The van der Waals surface area contributed by atoms with Crippen molar-refractivity contribution in [3.8, 4) is 17.2 Å². The Hall–Kier alpha value is -2.05. The Morgan fingerprint density at radius 1 is 1.04 bits per heavy atom. The highest BCUT2D eigenvalue weighted by Crippen LogP contribution is 2.43. The highest BCUT2D eigenvalue weighted by Gasteiger charge is 2.23. The van der Waals surface area contributed by atoms with Crippen LogP contribution in [0.15, 0.2) is 42.5 Å². The third kappa shape index (κ3) is 4.97. The van der Waals surface area contributed by atoms with Gasteiger partial charge in [0.05, 0.1) is 6.10 Å². The van der Waals surface area contributed by atoms with E-state index in [0.29, 0.717) is 0 Å². The Morgan fingerprint density at radius 3 is 2.21 bits per heavy atom. The number of rotatable bonds is 6. The number of hydrogen-bond donors (Lipinski definition) is 5. The van der Waals surface area contributed by atoms with Crippen LogP contribution in [0.4, 0.5) is 0 Å². The molecule has 2 aromatic carbocycles. The molecule has 5 N–H and O–H groups in total. The van der Waals surface area contributed by atoms with Crippen molar-refractivity contribution in [1.29, 1.82) is 0 Å². The largest absolute Gasteiger partial charge is 0.524 e. The van der Waals surface area contributed by atoms with Gasteiger partial charge in [0.25, 0.3) is 0 Å². The minimum Gasteiger partial charge on any atom is -0.508 e. The van der Waals surface area contributed by atoms with Crippen molar-refractivity contribution in [3.05, 3.63) is 53.6 Å². The summed E-state index contributed by atoms with van der Waals surface area (Å²) >= 11 is 0. The summed E-state index contributed by atoms with van der Waals surface area (Å²) < 4.78 is 15.6.